The van der Waals surface area contributed by atoms with E-state index in [1.54, 1.807) is 12.4 Å². The molecule has 0 bridgehead atoms. The average Bonchev–Trinajstić information content (AvgIpc) is 3.16. The van der Waals surface area contributed by atoms with Crippen molar-refractivity contribution in [2.24, 2.45) is 0 Å². The number of amides is 1. The number of hydrogen-bond donors (Lipinski definition) is 1. The molecule has 22 heavy (non-hydrogen) atoms. The van der Waals surface area contributed by atoms with Gasteiger partial charge >= 0.3 is 0 Å². The number of carbonyl (C=O) groups excluding carboxylic acids is 1. The second-order valence-electron chi connectivity index (χ2n) is 6.85. The Morgan fingerprint density at radius 3 is 2.68 bits per heavy atom. The van der Waals surface area contributed by atoms with Crippen molar-refractivity contribution in [2.45, 2.75) is 45.1 Å². The Balaban J connectivity index is 1.84. The SMILES string of the molecule is CC(C)(C)c1cc(C(=O)N2CCCC2c2ccncc2)n[nH]1. The molecule has 3 heterocycles. The minimum atomic E-state index is -0.0406. The molecular formula is C17H22N4O. The highest BCUT2D eigenvalue weighted by Crippen LogP contribution is 2.33. The molecule has 3 rings (SSSR count). The summed E-state index contributed by atoms with van der Waals surface area (Å²) in [5.74, 6) is 0.00561. The highest BCUT2D eigenvalue weighted by Gasteiger charge is 2.32. The summed E-state index contributed by atoms with van der Waals surface area (Å²) < 4.78 is 0. The van der Waals surface area contributed by atoms with Gasteiger partial charge in [-0.05, 0) is 36.6 Å². The molecule has 0 aliphatic carbocycles. The molecule has 1 atom stereocenters. The molecule has 0 saturated carbocycles. The number of hydrogen-bond acceptors (Lipinski definition) is 3. The van der Waals surface area contributed by atoms with Crippen LogP contribution in [0.4, 0.5) is 0 Å². The molecule has 5 nitrogen and oxygen atoms in total. The van der Waals surface area contributed by atoms with Gasteiger partial charge in [0.25, 0.3) is 5.91 Å². The largest absolute Gasteiger partial charge is 0.330 e. The number of nitrogens with one attached hydrogen (secondary N) is 1. The second-order valence-corrected chi connectivity index (χ2v) is 6.85. The second kappa shape index (κ2) is 5.55. The highest BCUT2D eigenvalue weighted by atomic mass is 16.2. The fourth-order valence-corrected chi connectivity index (χ4v) is 2.90. The summed E-state index contributed by atoms with van der Waals surface area (Å²) in [6.45, 7) is 7.09. The summed E-state index contributed by atoms with van der Waals surface area (Å²) in [5, 5.41) is 7.22. The van der Waals surface area contributed by atoms with Crippen LogP contribution in [0.15, 0.2) is 30.6 Å². The molecular weight excluding hydrogens is 276 g/mol. The zero-order valence-electron chi connectivity index (χ0n) is 13.3. The minimum Gasteiger partial charge on any atom is -0.330 e. The minimum absolute atomic E-state index is 0.00561. The zero-order chi connectivity index (χ0) is 15.7. The standard InChI is InChI=1S/C17H22N4O/c1-17(2,3)15-11-13(19-20-15)16(22)21-10-4-5-14(21)12-6-8-18-9-7-12/h6-9,11,14H,4-5,10H2,1-3H3,(H,19,20). The van der Waals surface area contributed by atoms with E-state index < -0.39 is 0 Å². The summed E-state index contributed by atoms with van der Waals surface area (Å²) in [5.41, 5.74) is 2.59. The number of carbonyl (C=O) groups is 1. The molecule has 1 unspecified atom stereocenters. The summed E-state index contributed by atoms with van der Waals surface area (Å²) in [6, 6.07) is 5.98. The van der Waals surface area contributed by atoms with Gasteiger partial charge in [-0.15, -0.1) is 0 Å². The number of aromatic nitrogens is 3. The van der Waals surface area contributed by atoms with E-state index in [-0.39, 0.29) is 17.4 Å². The zero-order valence-corrected chi connectivity index (χ0v) is 13.3. The van der Waals surface area contributed by atoms with E-state index in [9.17, 15) is 4.79 Å². The Hall–Kier alpha value is -2.17. The van der Waals surface area contributed by atoms with E-state index in [0.29, 0.717) is 5.69 Å². The molecule has 5 heteroatoms. The van der Waals surface area contributed by atoms with E-state index in [2.05, 4.69) is 36.0 Å². The van der Waals surface area contributed by atoms with Crippen molar-refractivity contribution in [3.8, 4) is 0 Å². The first-order valence-corrected chi connectivity index (χ1v) is 7.73. The van der Waals surface area contributed by atoms with Gasteiger partial charge in [0.15, 0.2) is 0 Å². The molecule has 2 aromatic heterocycles. The number of rotatable bonds is 2. The van der Waals surface area contributed by atoms with Crippen LogP contribution in [0.25, 0.3) is 0 Å². The number of nitrogens with zero attached hydrogens (tertiary/aromatic N) is 3. The lowest BCUT2D eigenvalue weighted by molar-refractivity contribution is 0.0729. The van der Waals surface area contributed by atoms with Gasteiger partial charge in [-0.3, -0.25) is 14.9 Å². The topological polar surface area (TPSA) is 61.9 Å². The third-order valence-corrected chi connectivity index (χ3v) is 4.21. The number of pyridine rings is 1. The van der Waals surface area contributed by atoms with Crippen LogP contribution in [0.5, 0.6) is 0 Å². The van der Waals surface area contributed by atoms with Gasteiger partial charge in [-0.1, -0.05) is 20.8 Å². The number of aromatic amines is 1. The third-order valence-electron chi connectivity index (χ3n) is 4.21. The monoisotopic (exact) mass is 298 g/mol. The van der Waals surface area contributed by atoms with Crippen LogP contribution < -0.4 is 0 Å². The van der Waals surface area contributed by atoms with Crippen LogP contribution in [-0.2, 0) is 5.41 Å². The fraction of sp³-hybridized carbons (Fsp3) is 0.471. The van der Waals surface area contributed by atoms with Crippen LogP contribution in [0.1, 0.15) is 61.4 Å². The predicted octanol–water partition coefficient (Wildman–Crippen LogP) is 3.08. The Kier molecular flexibility index (Phi) is 3.72. The first-order chi connectivity index (χ1) is 10.5. The molecule has 1 saturated heterocycles. The van der Waals surface area contributed by atoms with Gasteiger partial charge in [0.05, 0.1) is 6.04 Å². The normalized spacial score (nSPS) is 18.7. The van der Waals surface area contributed by atoms with E-state index in [4.69, 9.17) is 0 Å². The van der Waals surface area contributed by atoms with Crippen LogP contribution >= 0.6 is 0 Å². The summed E-state index contributed by atoms with van der Waals surface area (Å²) >= 11 is 0. The highest BCUT2D eigenvalue weighted by molar-refractivity contribution is 5.93. The van der Waals surface area contributed by atoms with Crippen molar-refractivity contribution in [3.05, 3.63) is 47.5 Å². The summed E-state index contributed by atoms with van der Waals surface area (Å²) in [4.78, 5) is 18.8. The van der Waals surface area contributed by atoms with E-state index in [0.717, 1.165) is 30.6 Å². The van der Waals surface area contributed by atoms with Crippen LogP contribution in [-0.4, -0.2) is 32.5 Å². The first kappa shape index (κ1) is 14.8. The van der Waals surface area contributed by atoms with Crippen LogP contribution in [0.3, 0.4) is 0 Å². The Bertz CT molecular complexity index is 657. The van der Waals surface area contributed by atoms with Crippen molar-refractivity contribution in [2.75, 3.05) is 6.54 Å². The third kappa shape index (κ3) is 2.75. The molecule has 1 fully saturated rings. The molecule has 1 N–H and O–H groups in total. The van der Waals surface area contributed by atoms with Gasteiger partial charge in [0.1, 0.15) is 5.69 Å². The smallest absolute Gasteiger partial charge is 0.274 e. The lowest BCUT2D eigenvalue weighted by Gasteiger charge is -2.24. The lowest BCUT2D eigenvalue weighted by Crippen LogP contribution is -2.30. The maximum atomic E-state index is 12.8. The average molecular weight is 298 g/mol. The van der Waals surface area contributed by atoms with Crippen molar-refractivity contribution in [1.82, 2.24) is 20.1 Å². The molecule has 1 aliphatic rings. The van der Waals surface area contributed by atoms with Crippen LogP contribution in [0, 0.1) is 0 Å². The molecule has 2 aromatic rings. The van der Waals surface area contributed by atoms with E-state index in [1.807, 2.05) is 23.1 Å². The lowest BCUT2D eigenvalue weighted by atomic mass is 9.92. The predicted molar refractivity (Wildman–Crippen MR) is 84.5 cm³/mol. The van der Waals surface area contributed by atoms with Gasteiger partial charge in [-0.2, -0.15) is 5.10 Å². The first-order valence-electron chi connectivity index (χ1n) is 7.73. The molecule has 116 valence electrons. The maximum absolute atomic E-state index is 12.8. The van der Waals surface area contributed by atoms with Crippen LogP contribution in [0.2, 0.25) is 0 Å². The van der Waals surface area contributed by atoms with E-state index in [1.165, 1.54) is 0 Å². The van der Waals surface area contributed by atoms with Crippen molar-refractivity contribution in [1.29, 1.82) is 0 Å². The molecule has 1 amide bonds. The number of likely N-dealkylation sites (tertiary alicyclic amines) is 1. The van der Waals surface area contributed by atoms with Gasteiger partial charge < -0.3 is 4.90 Å². The Morgan fingerprint density at radius 2 is 2.05 bits per heavy atom. The van der Waals surface area contributed by atoms with Crippen molar-refractivity contribution < 1.29 is 4.79 Å². The molecule has 0 aromatic carbocycles. The summed E-state index contributed by atoms with van der Waals surface area (Å²) in [7, 11) is 0. The van der Waals surface area contributed by atoms with Gasteiger partial charge in [0, 0.05) is 30.0 Å². The van der Waals surface area contributed by atoms with Crippen molar-refractivity contribution >= 4 is 5.91 Å². The fourth-order valence-electron chi connectivity index (χ4n) is 2.90. The molecule has 0 radical (unpaired) electrons. The Morgan fingerprint density at radius 1 is 1.32 bits per heavy atom. The van der Waals surface area contributed by atoms with Gasteiger partial charge in [-0.25, -0.2) is 0 Å². The van der Waals surface area contributed by atoms with E-state index >= 15 is 0 Å². The molecule has 1 aliphatic heterocycles. The maximum Gasteiger partial charge on any atom is 0.274 e. The van der Waals surface area contributed by atoms with Gasteiger partial charge in [0.2, 0.25) is 0 Å². The quantitative estimate of drug-likeness (QED) is 0.926. The summed E-state index contributed by atoms with van der Waals surface area (Å²) in [6.07, 6.45) is 5.58. The van der Waals surface area contributed by atoms with Crippen molar-refractivity contribution in [3.63, 3.8) is 0 Å². The molecule has 0 spiro atoms. The number of H-pyrrole nitrogens is 1. The Labute approximate surface area is 130 Å².